The zero-order valence-electron chi connectivity index (χ0n) is 13.2. The minimum absolute atomic E-state index is 0.0483. The van der Waals surface area contributed by atoms with Crippen molar-refractivity contribution in [2.75, 3.05) is 13.1 Å². The van der Waals surface area contributed by atoms with Gasteiger partial charge in [0, 0.05) is 11.9 Å². The predicted octanol–water partition coefficient (Wildman–Crippen LogP) is 1.90. The van der Waals surface area contributed by atoms with Crippen molar-refractivity contribution in [3.63, 3.8) is 0 Å². The van der Waals surface area contributed by atoms with Crippen molar-refractivity contribution in [3.05, 3.63) is 42.0 Å². The van der Waals surface area contributed by atoms with Gasteiger partial charge in [-0.2, -0.15) is 0 Å². The van der Waals surface area contributed by atoms with Gasteiger partial charge in [-0.3, -0.25) is 9.59 Å². The van der Waals surface area contributed by atoms with Crippen LogP contribution >= 0.6 is 0 Å². The Labute approximate surface area is 140 Å². The Balaban J connectivity index is 1.89. The van der Waals surface area contributed by atoms with Gasteiger partial charge in [-0.1, -0.05) is 36.3 Å². The molecule has 5 nitrogen and oxygen atoms in total. The van der Waals surface area contributed by atoms with Crippen LogP contribution in [0.15, 0.2) is 36.4 Å². The average Bonchev–Trinajstić information content (AvgIpc) is 3.09. The van der Waals surface area contributed by atoms with E-state index in [1.165, 1.54) is 4.90 Å². The Bertz CT molecular complexity index is 838. The lowest BCUT2D eigenvalue weighted by Crippen LogP contribution is -2.46. The highest BCUT2D eigenvalue weighted by Gasteiger charge is 2.35. The van der Waals surface area contributed by atoms with Crippen molar-refractivity contribution in [3.8, 4) is 18.1 Å². The Hall–Kier alpha value is -3.00. The number of aromatic hydroxyl groups is 1. The zero-order valence-corrected chi connectivity index (χ0v) is 13.2. The number of amides is 2. The fraction of sp³-hybridized carbons (Fsp3) is 0.263. The van der Waals surface area contributed by atoms with Crippen LogP contribution in [0, 0.1) is 12.3 Å². The molecule has 3 rings (SSSR count). The summed E-state index contributed by atoms with van der Waals surface area (Å²) in [6, 6.07) is 10.2. The van der Waals surface area contributed by atoms with Crippen LogP contribution in [-0.2, 0) is 4.79 Å². The quantitative estimate of drug-likeness (QED) is 0.848. The van der Waals surface area contributed by atoms with E-state index in [-0.39, 0.29) is 29.7 Å². The van der Waals surface area contributed by atoms with Crippen molar-refractivity contribution in [2.45, 2.75) is 18.9 Å². The third-order valence-electron chi connectivity index (χ3n) is 4.31. The molecule has 1 fully saturated rings. The standard InChI is InChI=1S/C19H18N2O3/c1-2-11-20-18(23)16-8-5-12-21(16)19(24)15-10-9-13-6-3-4-7-14(13)17(15)22/h1,3-4,6-7,9-10,16,22H,5,8,11-12H2,(H,20,23)/t16-/m1/s1. The summed E-state index contributed by atoms with van der Waals surface area (Å²) >= 11 is 0. The van der Waals surface area contributed by atoms with Crippen molar-refractivity contribution in [1.82, 2.24) is 10.2 Å². The minimum atomic E-state index is -0.545. The molecule has 0 saturated carbocycles. The van der Waals surface area contributed by atoms with Crippen LogP contribution in [0.5, 0.6) is 5.75 Å². The van der Waals surface area contributed by atoms with Gasteiger partial charge in [0.1, 0.15) is 11.8 Å². The largest absolute Gasteiger partial charge is 0.506 e. The molecule has 1 saturated heterocycles. The topological polar surface area (TPSA) is 69.6 Å². The fourth-order valence-electron chi connectivity index (χ4n) is 3.12. The summed E-state index contributed by atoms with van der Waals surface area (Å²) in [7, 11) is 0. The minimum Gasteiger partial charge on any atom is -0.506 e. The maximum Gasteiger partial charge on any atom is 0.258 e. The molecule has 0 radical (unpaired) electrons. The first-order chi connectivity index (χ1) is 11.6. The molecular formula is C19H18N2O3. The van der Waals surface area contributed by atoms with E-state index in [4.69, 9.17) is 6.42 Å². The van der Waals surface area contributed by atoms with Crippen molar-refractivity contribution in [2.24, 2.45) is 0 Å². The summed E-state index contributed by atoms with van der Waals surface area (Å²) in [5.41, 5.74) is 0.213. The summed E-state index contributed by atoms with van der Waals surface area (Å²) in [6.45, 7) is 0.623. The molecule has 5 heteroatoms. The molecule has 0 spiro atoms. The summed E-state index contributed by atoms with van der Waals surface area (Å²) in [5.74, 6) is 1.72. The molecular weight excluding hydrogens is 304 g/mol. The molecule has 24 heavy (non-hydrogen) atoms. The number of terminal acetylenes is 1. The molecule has 0 aromatic heterocycles. The van der Waals surface area contributed by atoms with Crippen LogP contribution < -0.4 is 5.32 Å². The second-order valence-electron chi connectivity index (χ2n) is 5.76. The van der Waals surface area contributed by atoms with Gasteiger partial charge in [-0.05, 0) is 24.3 Å². The lowest BCUT2D eigenvalue weighted by molar-refractivity contribution is -0.124. The number of rotatable bonds is 3. The molecule has 1 atom stereocenters. The number of phenols is 1. The van der Waals surface area contributed by atoms with E-state index in [9.17, 15) is 14.7 Å². The molecule has 1 aliphatic heterocycles. The van der Waals surface area contributed by atoms with Gasteiger partial charge in [0.2, 0.25) is 5.91 Å². The monoisotopic (exact) mass is 322 g/mol. The van der Waals surface area contributed by atoms with Crippen molar-refractivity contribution >= 4 is 22.6 Å². The Morgan fingerprint density at radius 2 is 2.08 bits per heavy atom. The lowest BCUT2D eigenvalue weighted by atomic mass is 10.0. The number of carbonyl (C=O) groups excluding carboxylic acids is 2. The molecule has 2 N–H and O–H groups in total. The highest BCUT2D eigenvalue weighted by molar-refractivity contribution is 6.05. The second kappa shape index (κ2) is 6.63. The van der Waals surface area contributed by atoms with Crippen LogP contribution in [0.2, 0.25) is 0 Å². The van der Waals surface area contributed by atoms with E-state index < -0.39 is 6.04 Å². The summed E-state index contributed by atoms with van der Waals surface area (Å²) < 4.78 is 0. The smallest absolute Gasteiger partial charge is 0.258 e. The first-order valence-corrected chi connectivity index (χ1v) is 7.86. The van der Waals surface area contributed by atoms with Crippen LogP contribution in [0.4, 0.5) is 0 Å². The van der Waals surface area contributed by atoms with Crippen molar-refractivity contribution in [1.29, 1.82) is 0 Å². The van der Waals surface area contributed by atoms with Gasteiger partial charge < -0.3 is 15.3 Å². The van der Waals surface area contributed by atoms with E-state index in [0.717, 1.165) is 11.8 Å². The van der Waals surface area contributed by atoms with E-state index in [1.54, 1.807) is 18.2 Å². The Morgan fingerprint density at radius 1 is 1.29 bits per heavy atom. The van der Waals surface area contributed by atoms with Crippen LogP contribution in [0.3, 0.4) is 0 Å². The highest BCUT2D eigenvalue weighted by Crippen LogP contribution is 2.31. The summed E-state index contributed by atoms with van der Waals surface area (Å²) in [4.78, 5) is 26.5. The number of benzene rings is 2. The maximum absolute atomic E-state index is 12.8. The van der Waals surface area contributed by atoms with E-state index >= 15 is 0 Å². The first-order valence-electron chi connectivity index (χ1n) is 7.86. The molecule has 1 aliphatic rings. The van der Waals surface area contributed by atoms with E-state index in [1.807, 2.05) is 18.2 Å². The van der Waals surface area contributed by atoms with Crippen molar-refractivity contribution < 1.29 is 14.7 Å². The van der Waals surface area contributed by atoms with E-state index in [2.05, 4.69) is 11.2 Å². The fourth-order valence-corrected chi connectivity index (χ4v) is 3.12. The molecule has 1 heterocycles. The number of nitrogens with one attached hydrogen (secondary N) is 1. The number of nitrogens with zero attached hydrogens (tertiary/aromatic N) is 1. The third kappa shape index (κ3) is 2.79. The highest BCUT2D eigenvalue weighted by atomic mass is 16.3. The SMILES string of the molecule is C#CCNC(=O)[C@H]1CCCN1C(=O)c1ccc2ccccc2c1O. The van der Waals surface area contributed by atoms with Gasteiger partial charge in [-0.15, -0.1) is 6.42 Å². The number of fused-ring (bicyclic) bond motifs is 1. The second-order valence-corrected chi connectivity index (χ2v) is 5.76. The summed E-state index contributed by atoms with van der Waals surface area (Å²) in [6.07, 6.45) is 6.49. The molecule has 0 bridgehead atoms. The van der Waals surface area contributed by atoms with Gasteiger partial charge in [-0.25, -0.2) is 0 Å². The van der Waals surface area contributed by atoms with Gasteiger partial charge in [0.15, 0.2) is 0 Å². The van der Waals surface area contributed by atoms with Gasteiger partial charge in [0.05, 0.1) is 12.1 Å². The van der Waals surface area contributed by atoms with Gasteiger partial charge in [0.25, 0.3) is 5.91 Å². The van der Waals surface area contributed by atoms with Crippen LogP contribution in [0.1, 0.15) is 23.2 Å². The number of phenolic OH excluding ortho intramolecular Hbond substituents is 1. The van der Waals surface area contributed by atoms with Gasteiger partial charge >= 0.3 is 0 Å². The first kappa shape index (κ1) is 15.9. The zero-order chi connectivity index (χ0) is 17.1. The molecule has 2 aromatic carbocycles. The molecule has 0 unspecified atom stereocenters. The van der Waals surface area contributed by atoms with Crippen LogP contribution in [0.25, 0.3) is 10.8 Å². The number of likely N-dealkylation sites (tertiary alicyclic amines) is 1. The molecule has 2 aromatic rings. The predicted molar refractivity (Wildman–Crippen MR) is 91.5 cm³/mol. The summed E-state index contributed by atoms with van der Waals surface area (Å²) in [5, 5.41) is 14.6. The Kier molecular flexibility index (Phi) is 4.39. The Morgan fingerprint density at radius 3 is 2.88 bits per heavy atom. The molecule has 2 amide bonds. The normalized spacial score (nSPS) is 16.8. The van der Waals surface area contributed by atoms with E-state index in [0.29, 0.717) is 18.4 Å². The molecule has 0 aliphatic carbocycles. The number of carbonyl (C=O) groups is 2. The number of hydrogen-bond acceptors (Lipinski definition) is 3. The third-order valence-corrected chi connectivity index (χ3v) is 4.31. The maximum atomic E-state index is 12.8. The number of hydrogen-bond donors (Lipinski definition) is 2. The lowest BCUT2D eigenvalue weighted by Gasteiger charge is -2.24. The van der Waals surface area contributed by atoms with Crippen LogP contribution in [-0.4, -0.2) is 41.0 Å². The molecule has 122 valence electrons. The average molecular weight is 322 g/mol.